The average Bonchev–Trinajstić information content (AvgIpc) is 2.80. The van der Waals surface area contributed by atoms with Crippen molar-refractivity contribution in [2.75, 3.05) is 18.0 Å². The number of carboxylic acids is 1. The van der Waals surface area contributed by atoms with Crippen LogP contribution in [0.4, 0.5) is 5.69 Å². The van der Waals surface area contributed by atoms with E-state index in [9.17, 15) is 4.79 Å². The summed E-state index contributed by atoms with van der Waals surface area (Å²) in [6.45, 7) is 0.502. The van der Waals surface area contributed by atoms with E-state index in [0.29, 0.717) is 18.0 Å². The van der Waals surface area contributed by atoms with Gasteiger partial charge in [0.05, 0.1) is 0 Å². The highest BCUT2D eigenvalue weighted by Gasteiger charge is 2.12. The van der Waals surface area contributed by atoms with E-state index in [-0.39, 0.29) is 6.54 Å². The van der Waals surface area contributed by atoms with Gasteiger partial charge in [0.1, 0.15) is 12.4 Å². The van der Waals surface area contributed by atoms with Crippen molar-refractivity contribution in [2.24, 2.45) is 7.05 Å². The Labute approximate surface area is 122 Å². The van der Waals surface area contributed by atoms with Crippen molar-refractivity contribution in [2.45, 2.75) is 6.42 Å². The maximum atomic E-state index is 11.0. The second-order valence-electron chi connectivity index (χ2n) is 4.50. The van der Waals surface area contributed by atoms with Gasteiger partial charge in [0.15, 0.2) is 0 Å². The van der Waals surface area contributed by atoms with Gasteiger partial charge >= 0.3 is 5.97 Å². The Bertz CT molecular complexity index is 598. The number of hydrogen-bond donors (Lipinski definition) is 1. The number of aryl methyl sites for hydroxylation is 1. The summed E-state index contributed by atoms with van der Waals surface area (Å²) >= 11 is 5.96. The summed E-state index contributed by atoms with van der Waals surface area (Å²) in [5.41, 5.74) is 0.800. The van der Waals surface area contributed by atoms with E-state index in [2.05, 4.69) is 4.98 Å². The fourth-order valence-corrected chi connectivity index (χ4v) is 2.19. The maximum Gasteiger partial charge on any atom is 0.323 e. The van der Waals surface area contributed by atoms with Crippen LogP contribution in [-0.2, 0) is 18.3 Å². The van der Waals surface area contributed by atoms with Gasteiger partial charge in [-0.15, -0.1) is 0 Å². The molecular formula is C14H16ClN3O2. The number of rotatable bonds is 6. The molecule has 0 atom stereocenters. The summed E-state index contributed by atoms with van der Waals surface area (Å²) in [7, 11) is 1.92. The topological polar surface area (TPSA) is 58.4 Å². The molecule has 0 amide bonds. The Morgan fingerprint density at radius 1 is 1.50 bits per heavy atom. The monoisotopic (exact) mass is 293 g/mol. The molecule has 0 aliphatic rings. The van der Waals surface area contributed by atoms with Gasteiger partial charge in [0, 0.05) is 43.1 Å². The molecule has 6 heteroatoms. The van der Waals surface area contributed by atoms with E-state index < -0.39 is 5.97 Å². The third-order valence-corrected chi connectivity index (χ3v) is 3.26. The minimum Gasteiger partial charge on any atom is -0.480 e. The van der Waals surface area contributed by atoms with E-state index in [1.165, 1.54) is 0 Å². The molecule has 0 saturated carbocycles. The second-order valence-corrected chi connectivity index (χ2v) is 4.94. The van der Waals surface area contributed by atoms with E-state index in [1.54, 1.807) is 23.2 Å². The fourth-order valence-electron chi connectivity index (χ4n) is 2.01. The molecule has 1 heterocycles. The Morgan fingerprint density at radius 3 is 2.90 bits per heavy atom. The van der Waals surface area contributed by atoms with Crippen LogP contribution in [0.5, 0.6) is 0 Å². The molecule has 0 unspecified atom stereocenters. The maximum absolute atomic E-state index is 11.0. The molecule has 1 aromatic carbocycles. The van der Waals surface area contributed by atoms with Gasteiger partial charge in [0.25, 0.3) is 0 Å². The van der Waals surface area contributed by atoms with Crippen LogP contribution < -0.4 is 4.90 Å². The van der Waals surface area contributed by atoms with Crippen molar-refractivity contribution in [1.29, 1.82) is 0 Å². The molecule has 5 nitrogen and oxygen atoms in total. The molecule has 0 spiro atoms. The minimum atomic E-state index is -0.871. The first-order chi connectivity index (χ1) is 9.56. The van der Waals surface area contributed by atoms with Crippen LogP contribution in [0.2, 0.25) is 5.02 Å². The first-order valence-electron chi connectivity index (χ1n) is 6.25. The van der Waals surface area contributed by atoms with Crippen LogP contribution in [-0.4, -0.2) is 33.7 Å². The van der Waals surface area contributed by atoms with Crippen LogP contribution >= 0.6 is 11.6 Å². The smallest absolute Gasteiger partial charge is 0.323 e. The minimum absolute atomic E-state index is 0.0647. The Morgan fingerprint density at radius 2 is 2.30 bits per heavy atom. The predicted octanol–water partition coefficient (Wildman–Crippen LogP) is 2.21. The lowest BCUT2D eigenvalue weighted by atomic mass is 10.2. The quantitative estimate of drug-likeness (QED) is 0.887. The third kappa shape index (κ3) is 3.74. The van der Waals surface area contributed by atoms with Crippen LogP contribution in [0.3, 0.4) is 0 Å². The summed E-state index contributed by atoms with van der Waals surface area (Å²) < 4.78 is 1.93. The highest BCUT2D eigenvalue weighted by Crippen LogP contribution is 2.19. The molecule has 0 aliphatic heterocycles. The van der Waals surface area contributed by atoms with Gasteiger partial charge in [-0.05, 0) is 18.2 Å². The third-order valence-electron chi connectivity index (χ3n) is 3.03. The molecule has 0 saturated heterocycles. The number of hydrogen-bond acceptors (Lipinski definition) is 3. The highest BCUT2D eigenvalue weighted by molar-refractivity contribution is 6.30. The standard InChI is InChI=1S/C14H16ClN3O2/c1-17-8-6-16-13(17)5-7-18(10-14(19)20)12-4-2-3-11(15)9-12/h2-4,6,8-9H,5,7,10H2,1H3,(H,19,20). The molecule has 0 bridgehead atoms. The number of carboxylic acid groups (broad SMARTS) is 1. The van der Waals surface area contributed by atoms with Crippen molar-refractivity contribution >= 4 is 23.3 Å². The Balaban J connectivity index is 2.11. The molecule has 2 rings (SSSR count). The summed E-state index contributed by atoms with van der Waals surface area (Å²) in [5.74, 6) is 0.0484. The molecule has 1 aromatic heterocycles. The normalized spacial score (nSPS) is 10.5. The zero-order valence-electron chi connectivity index (χ0n) is 11.2. The van der Waals surface area contributed by atoms with Gasteiger partial charge in [-0.25, -0.2) is 4.98 Å². The summed E-state index contributed by atoms with van der Waals surface area (Å²) in [5, 5.41) is 9.62. The molecule has 106 valence electrons. The van der Waals surface area contributed by atoms with Gasteiger partial charge in [-0.2, -0.15) is 0 Å². The second kappa shape index (κ2) is 6.43. The number of halogens is 1. The molecule has 2 aromatic rings. The molecule has 0 fully saturated rings. The first-order valence-corrected chi connectivity index (χ1v) is 6.62. The molecule has 20 heavy (non-hydrogen) atoms. The summed E-state index contributed by atoms with van der Waals surface area (Å²) in [6.07, 6.45) is 4.27. The lowest BCUT2D eigenvalue weighted by Gasteiger charge is -2.23. The zero-order chi connectivity index (χ0) is 14.5. The Hall–Kier alpha value is -2.01. The molecular weight excluding hydrogens is 278 g/mol. The summed E-state index contributed by atoms with van der Waals surface area (Å²) in [6, 6.07) is 7.20. The van der Waals surface area contributed by atoms with E-state index in [4.69, 9.17) is 16.7 Å². The Kier molecular flexibility index (Phi) is 4.63. The predicted molar refractivity (Wildman–Crippen MR) is 78.2 cm³/mol. The van der Waals surface area contributed by atoms with Crippen LogP contribution in [0.25, 0.3) is 0 Å². The van der Waals surface area contributed by atoms with E-state index in [0.717, 1.165) is 11.5 Å². The number of benzene rings is 1. The number of anilines is 1. The van der Waals surface area contributed by atoms with Crippen molar-refractivity contribution in [3.63, 3.8) is 0 Å². The van der Waals surface area contributed by atoms with Gasteiger partial charge in [-0.1, -0.05) is 17.7 Å². The van der Waals surface area contributed by atoms with Crippen LogP contribution in [0.15, 0.2) is 36.7 Å². The summed E-state index contributed by atoms with van der Waals surface area (Å²) in [4.78, 5) is 17.0. The van der Waals surface area contributed by atoms with E-state index >= 15 is 0 Å². The lowest BCUT2D eigenvalue weighted by molar-refractivity contribution is -0.135. The van der Waals surface area contributed by atoms with Crippen LogP contribution in [0.1, 0.15) is 5.82 Å². The van der Waals surface area contributed by atoms with Crippen molar-refractivity contribution in [1.82, 2.24) is 9.55 Å². The zero-order valence-corrected chi connectivity index (χ0v) is 11.9. The number of aromatic nitrogens is 2. The molecule has 0 radical (unpaired) electrons. The number of aliphatic carboxylic acids is 1. The van der Waals surface area contributed by atoms with E-state index in [1.807, 2.05) is 29.9 Å². The number of nitrogens with zero attached hydrogens (tertiary/aromatic N) is 3. The first kappa shape index (κ1) is 14.4. The average molecular weight is 294 g/mol. The molecule has 0 aliphatic carbocycles. The lowest BCUT2D eigenvalue weighted by Crippen LogP contribution is -2.32. The largest absolute Gasteiger partial charge is 0.480 e. The van der Waals surface area contributed by atoms with Crippen molar-refractivity contribution in [3.8, 4) is 0 Å². The van der Waals surface area contributed by atoms with Gasteiger partial charge in [0.2, 0.25) is 0 Å². The van der Waals surface area contributed by atoms with Gasteiger partial charge < -0.3 is 14.6 Å². The molecule has 1 N–H and O–H groups in total. The highest BCUT2D eigenvalue weighted by atomic mass is 35.5. The number of carbonyl (C=O) groups is 1. The van der Waals surface area contributed by atoms with Gasteiger partial charge in [-0.3, -0.25) is 4.79 Å². The SMILES string of the molecule is Cn1ccnc1CCN(CC(=O)O)c1cccc(Cl)c1. The fraction of sp³-hybridized carbons (Fsp3) is 0.286. The van der Waals surface area contributed by atoms with Crippen LogP contribution in [0, 0.1) is 0 Å². The van der Waals surface area contributed by atoms with Crippen molar-refractivity contribution < 1.29 is 9.90 Å². The number of imidazole rings is 1. The van der Waals surface area contributed by atoms with Crippen molar-refractivity contribution in [3.05, 3.63) is 47.5 Å².